The molecule has 1 heterocycles. The molecule has 32 heavy (non-hydrogen) atoms. The fourth-order valence-corrected chi connectivity index (χ4v) is 3.48. The largest absolute Gasteiger partial charge is 0.493 e. The van der Waals surface area contributed by atoms with E-state index in [2.05, 4.69) is 4.99 Å². The molecule has 0 bridgehead atoms. The first-order chi connectivity index (χ1) is 15.4. The molecule has 0 aromatic heterocycles. The van der Waals surface area contributed by atoms with Crippen LogP contribution >= 0.6 is 23.2 Å². The van der Waals surface area contributed by atoms with Crippen LogP contribution in [-0.2, 0) is 16.1 Å². The van der Waals surface area contributed by atoms with Gasteiger partial charge in [0.1, 0.15) is 12.4 Å². The van der Waals surface area contributed by atoms with E-state index in [1.54, 1.807) is 18.2 Å². The molecule has 0 unspecified atom stereocenters. The van der Waals surface area contributed by atoms with Crippen molar-refractivity contribution >= 4 is 41.1 Å². The second-order valence-corrected chi connectivity index (χ2v) is 7.57. The van der Waals surface area contributed by atoms with Crippen molar-refractivity contribution < 1.29 is 23.4 Å². The number of ether oxygens (including phenoxy) is 3. The highest BCUT2D eigenvalue weighted by atomic mass is 35.5. The van der Waals surface area contributed by atoms with Crippen LogP contribution in [0.15, 0.2) is 71.4 Å². The fraction of sp³-hybridized carbons (Fsp3) is 0.0833. The zero-order chi connectivity index (χ0) is 22.7. The highest BCUT2D eigenvalue weighted by molar-refractivity contribution is 6.32. The normalized spacial score (nSPS) is 14.3. The van der Waals surface area contributed by atoms with Crippen molar-refractivity contribution in [1.29, 1.82) is 0 Å². The molecule has 3 aromatic rings. The van der Waals surface area contributed by atoms with Gasteiger partial charge >= 0.3 is 5.97 Å². The third kappa shape index (κ3) is 4.77. The average molecular weight is 472 g/mol. The molecule has 0 spiro atoms. The van der Waals surface area contributed by atoms with Crippen LogP contribution in [0.4, 0.5) is 4.39 Å². The van der Waals surface area contributed by atoms with E-state index in [4.69, 9.17) is 37.4 Å². The maximum atomic E-state index is 13.1. The molecule has 0 aliphatic carbocycles. The first-order valence-corrected chi connectivity index (χ1v) is 10.2. The molecule has 3 aromatic carbocycles. The SMILES string of the molecule is COc1cc(/C=C2/N=C(c3ccc(F)cc3)OC2=O)cc(Cl)c1OCc1ccccc1Cl. The van der Waals surface area contributed by atoms with E-state index in [9.17, 15) is 9.18 Å². The number of carbonyl (C=O) groups is 1. The number of cyclic esters (lactones) is 1. The summed E-state index contributed by atoms with van der Waals surface area (Å²) in [4.78, 5) is 16.5. The summed E-state index contributed by atoms with van der Waals surface area (Å²) in [6.07, 6.45) is 1.52. The Hall–Kier alpha value is -3.35. The molecule has 0 atom stereocenters. The van der Waals surface area contributed by atoms with Gasteiger partial charge in [0.15, 0.2) is 17.2 Å². The van der Waals surface area contributed by atoms with Crippen molar-refractivity contribution in [1.82, 2.24) is 0 Å². The van der Waals surface area contributed by atoms with Crippen molar-refractivity contribution in [2.75, 3.05) is 7.11 Å². The lowest BCUT2D eigenvalue weighted by atomic mass is 10.1. The van der Waals surface area contributed by atoms with Crippen molar-refractivity contribution in [3.05, 3.63) is 98.9 Å². The third-order valence-electron chi connectivity index (χ3n) is 4.60. The number of rotatable bonds is 6. The number of aliphatic imine (C=N–C) groups is 1. The van der Waals surface area contributed by atoms with Crippen LogP contribution in [0.1, 0.15) is 16.7 Å². The third-order valence-corrected chi connectivity index (χ3v) is 5.25. The van der Waals surface area contributed by atoms with E-state index in [1.165, 1.54) is 37.5 Å². The van der Waals surface area contributed by atoms with Gasteiger partial charge in [-0.2, -0.15) is 0 Å². The second kappa shape index (κ2) is 9.42. The first kappa shape index (κ1) is 21.9. The Kier molecular flexibility index (Phi) is 6.44. The van der Waals surface area contributed by atoms with Crippen LogP contribution in [-0.4, -0.2) is 19.0 Å². The first-order valence-electron chi connectivity index (χ1n) is 9.47. The van der Waals surface area contributed by atoms with E-state index in [0.717, 1.165) is 5.56 Å². The second-order valence-electron chi connectivity index (χ2n) is 6.76. The Bertz CT molecular complexity index is 1240. The molecular formula is C24H16Cl2FNO4. The topological polar surface area (TPSA) is 57.1 Å². The smallest absolute Gasteiger partial charge is 0.363 e. The average Bonchev–Trinajstić information content (AvgIpc) is 3.14. The summed E-state index contributed by atoms with van der Waals surface area (Å²) < 4.78 is 29.6. The standard InChI is InChI=1S/C24H16Cl2FNO4/c1-30-21-12-14(10-19(26)22(21)31-13-16-4-2-3-5-18(16)25)11-20-24(29)32-23(28-20)15-6-8-17(27)9-7-15/h2-12H,13H2,1H3/b20-11+. The van der Waals surface area contributed by atoms with Crippen LogP contribution in [0.3, 0.4) is 0 Å². The molecule has 1 aliphatic heterocycles. The minimum absolute atomic E-state index is 0.0761. The van der Waals surface area contributed by atoms with Gasteiger partial charge in [-0.05, 0) is 54.1 Å². The fourth-order valence-electron chi connectivity index (χ4n) is 3.01. The van der Waals surface area contributed by atoms with Crippen LogP contribution < -0.4 is 9.47 Å². The predicted octanol–water partition coefficient (Wildman–Crippen LogP) is 6.06. The lowest BCUT2D eigenvalue weighted by Crippen LogP contribution is -2.05. The lowest BCUT2D eigenvalue weighted by molar-refractivity contribution is -0.129. The van der Waals surface area contributed by atoms with Crippen molar-refractivity contribution in [3.8, 4) is 11.5 Å². The van der Waals surface area contributed by atoms with Gasteiger partial charge in [0, 0.05) is 16.1 Å². The summed E-state index contributed by atoms with van der Waals surface area (Å²) in [6, 6.07) is 16.1. The molecule has 0 saturated carbocycles. The van der Waals surface area contributed by atoms with E-state index in [-0.39, 0.29) is 23.2 Å². The van der Waals surface area contributed by atoms with Gasteiger partial charge in [0.05, 0.1) is 12.1 Å². The van der Waals surface area contributed by atoms with Crippen LogP contribution in [0.2, 0.25) is 10.0 Å². The summed E-state index contributed by atoms with van der Waals surface area (Å²) in [5.41, 5.74) is 1.93. The molecule has 4 rings (SSSR count). The summed E-state index contributed by atoms with van der Waals surface area (Å²) >= 11 is 12.6. The highest BCUT2D eigenvalue weighted by Gasteiger charge is 2.24. The zero-order valence-corrected chi connectivity index (χ0v) is 18.3. The van der Waals surface area contributed by atoms with Gasteiger partial charge in [0.25, 0.3) is 0 Å². The minimum atomic E-state index is -0.626. The number of halogens is 3. The zero-order valence-electron chi connectivity index (χ0n) is 16.8. The summed E-state index contributed by atoms with van der Waals surface area (Å²) in [5.74, 6) is -0.197. The predicted molar refractivity (Wildman–Crippen MR) is 121 cm³/mol. The number of hydrogen-bond donors (Lipinski definition) is 0. The molecule has 0 saturated heterocycles. The monoisotopic (exact) mass is 471 g/mol. The summed E-state index contributed by atoms with van der Waals surface area (Å²) in [5, 5.41) is 0.871. The van der Waals surface area contributed by atoms with Gasteiger partial charge in [-0.3, -0.25) is 0 Å². The Morgan fingerprint density at radius 3 is 2.53 bits per heavy atom. The molecule has 0 amide bonds. The van der Waals surface area contributed by atoms with Gasteiger partial charge in [-0.25, -0.2) is 14.2 Å². The lowest BCUT2D eigenvalue weighted by Gasteiger charge is -2.14. The molecule has 0 radical (unpaired) electrons. The number of nitrogens with zero attached hydrogens (tertiary/aromatic N) is 1. The molecule has 1 aliphatic rings. The Morgan fingerprint density at radius 1 is 1.06 bits per heavy atom. The van der Waals surface area contributed by atoms with Crippen LogP contribution in [0, 0.1) is 5.82 Å². The van der Waals surface area contributed by atoms with Gasteiger partial charge in [-0.15, -0.1) is 0 Å². The number of carbonyl (C=O) groups excluding carboxylic acids is 1. The number of methoxy groups -OCH3 is 1. The number of benzene rings is 3. The number of esters is 1. The van der Waals surface area contributed by atoms with Crippen molar-refractivity contribution in [2.45, 2.75) is 6.61 Å². The van der Waals surface area contributed by atoms with Gasteiger partial charge < -0.3 is 14.2 Å². The summed E-state index contributed by atoms with van der Waals surface area (Å²) in [6.45, 7) is 0.202. The number of hydrogen-bond acceptors (Lipinski definition) is 5. The van der Waals surface area contributed by atoms with Crippen molar-refractivity contribution in [3.63, 3.8) is 0 Å². The van der Waals surface area contributed by atoms with E-state index in [1.807, 2.05) is 18.2 Å². The summed E-state index contributed by atoms with van der Waals surface area (Å²) in [7, 11) is 1.49. The van der Waals surface area contributed by atoms with E-state index in [0.29, 0.717) is 27.6 Å². The molecule has 0 N–H and O–H groups in total. The van der Waals surface area contributed by atoms with Gasteiger partial charge in [-0.1, -0.05) is 41.4 Å². The van der Waals surface area contributed by atoms with E-state index >= 15 is 0 Å². The maximum Gasteiger partial charge on any atom is 0.363 e. The molecule has 0 fully saturated rings. The van der Waals surface area contributed by atoms with E-state index < -0.39 is 11.8 Å². The minimum Gasteiger partial charge on any atom is -0.493 e. The van der Waals surface area contributed by atoms with Crippen LogP contribution in [0.25, 0.3) is 6.08 Å². The van der Waals surface area contributed by atoms with Crippen LogP contribution in [0.5, 0.6) is 11.5 Å². The Labute approximate surface area is 193 Å². The Balaban J connectivity index is 1.59. The quantitative estimate of drug-likeness (QED) is 0.323. The molecule has 8 heteroatoms. The molecule has 5 nitrogen and oxygen atoms in total. The van der Waals surface area contributed by atoms with Crippen molar-refractivity contribution in [2.24, 2.45) is 4.99 Å². The Morgan fingerprint density at radius 2 is 1.81 bits per heavy atom. The highest BCUT2D eigenvalue weighted by Crippen LogP contribution is 2.38. The maximum absolute atomic E-state index is 13.1. The van der Waals surface area contributed by atoms with Gasteiger partial charge in [0.2, 0.25) is 5.90 Å². The molecular weight excluding hydrogens is 456 g/mol. The molecule has 162 valence electrons.